The third-order valence-electron chi connectivity index (χ3n) is 6.11. The topological polar surface area (TPSA) is 173 Å². The summed E-state index contributed by atoms with van der Waals surface area (Å²) in [5.41, 5.74) is -0.269. The van der Waals surface area contributed by atoms with E-state index in [1.165, 1.54) is 33.9 Å². The maximum atomic E-state index is 14.1. The Morgan fingerprint density at radius 2 is 1.98 bits per heavy atom. The van der Waals surface area contributed by atoms with E-state index in [2.05, 4.69) is 35.3 Å². The highest BCUT2D eigenvalue weighted by Gasteiger charge is 2.22. The van der Waals surface area contributed by atoms with E-state index in [1.807, 2.05) is 0 Å². The predicted molar refractivity (Wildman–Crippen MR) is 153 cm³/mol. The number of anilines is 1. The molecule has 3 amide bonds. The number of nitrogens with zero attached hydrogens (tertiary/aromatic N) is 5. The van der Waals surface area contributed by atoms with Crippen molar-refractivity contribution in [3.63, 3.8) is 0 Å². The van der Waals surface area contributed by atoms with Crippen LogP contribution in [-0.4, -0.2) is 74.6 Å². The van der Waals surface area contributed by atoms with Gasteiger partial charge in [-0.25, -0.2) is 23.5 Å². The molecule has 3 heterocycles. The van der Waals surface area contributed by atoms with E-state index >= 15 is 0 Å². The van der Waals surface area contributed by atoms with Crippen molar-refractivity contribution in [1.29, 1.82) is 0 Å². The van der Waals surface area contributed by atoms with E-state index < -0.39 is 35.2 Å². The van der Waals surface area contributed by atoms with Gasteiger partial charge in [0.1, 0.15) is 29.7 Å². The number of carbonyl (C=O) groups is 3. The van der Waals surface area contributed by atoms with Gasteiger partial charge < -0.3 is 34.6 Å². The molecule has 3 aromatic heterocycles. The van der Waals surface area contributed by atoms with Gasteiger partial charge in [-0.15, -0.1) is 0 Å². The van der Waals surface area contributed by atoms with Crippen LogP contribution in [0.2, 0.25) is 0 Å². The van der Waals surface area contributed by atoms with Crippen molar-refractivity contribution in [2.75, 3.05) is 26.5 Å². The second kappa shape index (κ2) is 14.0. The first kappa shape index (κ1) is 31.3. The molecule has 0 spiro atoms. The van der Waals surface area contributed by atoms with Crippen molar-refractivity contribution in [3.8, 4) is 11.6 Å². The second-order valence-corrected chi connectivity index (χ2v) is 9.48. The number of nitrogens with one attached hydrogen (secondary N) is 3. The monoisotopic (exact) mass is 610 g/mol. The van der Waals surface area contributed by atoms with Gasteiger partial charge in [0, 0.05) is 26.4 Å². The number of amides is 3. The Kier molecular flexibility index (Phi) is 9.95. The highest BCUT2D eigenvalue weighted by Crippen LogP contribution is 2.27. The SMILES string of the molecule is COC(=O)NC(CCC=CC(=O)N(C)C)C(=O)Nc1cccn(Cc2nc3c(Oc4ccc(F)cc4F)ncnc3[nH]2)c1=O. The number of aromatic amines is 1. The molecule has 14 nitrogen and oxygen atoms in total. The summed E-state index contributed by atoms with van der Waals surface area (Å²) in [5.74, 6) is -2.72. The van der Waals surface area contributed by atoms with E-state index in [0.29, 0.717) is 6.07 Å². The number of halogens is 2. The zero-order valence-corrected chi connectivity index (χ0v) is 23.8. The fraction of sp³-hybridized carbons (Fsp3) is 0.250. The number of imidazole rings is 1. The Morgan fingerprint density at radius 1 is 1.18 bits per heavy atom. The molecule has 0 aliphatic rings. The fourth-order valence-corrected chi connectivity index (χ4v) is 3.87. The Balaban J connectivity index is 1.50. The molecule has 0 saturated heterocycles. The molecule has 0 fully saturated rings. The normalized spacial score (nSPS) is 11.8. The van der Waals surface area contributed by atoms with Crippen LogP contribution in [0.15, 0.2) is 59.8 Å². The van der Waals surface area contributed by atoms with Crippen LogP contribution < -0.4 is 20.9 Å². The van der Waals surface area contributed by atoms with Crippen molar-refractivity contribution < 1.29 is 32.6 Å². The minimum atomic E-state index is -1.08. The molecule has 1 atom stereocenters. The number of ether oxygens (including phenoxy) is 2. The van der Waals surface area contributed by atoms with Gasteiger partial charge in [0.15, 0.2) is 22.7 Å². The molecule has 44 heavy (non-hydrogen) atoms. The van der Waals surface area contributed by atoms with E-state index in [-0.39, 0.29) is 59.6 Å². The van der Waals surface area contributed by atoms with Crippen LogP contribution in [-0.2, 0) is 20.9 Å². The van der Waals surface area contributed by atoms with E-state index in [4.69, 9.17) is 4.74 Å². The predicted octanol–water partition coefficient (Wildman–Crippen LogP) is 2.72. The molecule has 4 rings (SSSR count). The number of benzene rings is 1. The molecule has 0 bridgehead atoms. The zero-order valence-electron chi connectivity index (χ0n) is 23.8. The molecule has 1 aromatic carbocycles. The smallest absolute Gasteiger partial charge is 0.407 e. The Hall–Kier alpha value is -5.67. The van der Waals surface area contributed by atoms with E-state index in [0.717, 1.165) is 25.6 Å². The van der Waals surface area contributed by atoms with Crippen LogP contribution in [0.25, 0.3) is 11.2 Å². The Labute approximate surface area is 248 Å². The van der Waals surface area contributed by atoms with Gasteiger partial charge in [-0.2, -0.15) is 4.98 Å². The number of alkyl carbamates (subject to hydrolysis) is 1. The molecule has 16 heteroatoms. The number of fused-ring (bicyclic) bond motifs is 1. The lowest BCUT2D eigenvalue weighted by molar-refractivity contribution is -0.123. The van der Waals surface area contributed by atoms with Crippen LogP contribution in [0.5, 0.6) is 11.6 Å². The Morgan fingerprint density at radius 3 is 2.70 bits per heavy atom. The summed E-state index contributed by atoms with van der Waals surface area (Å²) in [7, 11) is 4.34. The summed E-state index contributed by atoms with van der Waals surface area (Å²) in [6, 6.07) is 4.66. The third kappa shape index (κ3) is 7.78. The average molecular weight is 611 g/mol. The number of hydrogen-bond donors (Lipinski definition) is 3. The maximum absolute atomic E-state index is 14.1. The molecule has 1 unspecified atom stereocenters. The van der Waals surface area contributed by atoms with Crippen LogP contribution in [0.3, 0.4) is 0 Å². The molecule has 0 saturated carbocycles. The zero-order chi connectivity index (χ0) is 31.8. The molecule has 0 aliphatic carbocycles. The van der Waals surface area contributed by atoms with Crippen molar-refractivity contribution >= 4 is 34.8 Å². The van der Waals surface area contributed by atoms with Crippen molar-refractivity contribution in [1.82, 2.24) is 34.7 Å². The van der Waals surface area contributed by atoms with Crippen LogP contribution in [0.4, 0.5) is 19.3 Å². The first-order chi connectivity index (χ1) is 21.0. The highest BCUT2D eigenvalue weighted by molar-refractivity contribution is 5.96. The molecular formula is C28H28F2N8O6. The summed E-state index contributed by atoms with van der Waals surface area (Å²) < 4.78 is 38.7. The quantitative estimate of drug-likeness (QED) is 0.216. The van der Waals surface area contributed by atoms with Crippen LogP contribution >= 0.6 is 0 Å². The van der Waals surface area contributed by atoms with Crippen molar-refractivity contribution in [2.24, 2.45) is 0 Å². The third-order valence-corrected chi connectivity index (χ3v) is 6.11. The van der Waals surface area contributed by atoms with Crippen molar-refractivity contribution in [2.45, 2.75) is 25.4 Å². The lowest BCUT2D eigenvalue weighted by atomic mass is 10.1. The van der Waals surface area contributed by atoms with Gasteiger partial charge in [-0.05, 0) is 43.2 Å². The van der Waals surface area contributed by atoms with Gasteiger partial charge in [0.05, 0.1) is 13.7 Å². The molecule has 4 aromatic rings. The summed E-state index contributed by atoms with van der Waals surface area (Å²) in [4.78, 5) is 66.6. The molecular weight excluding hydrogens is 582 g/mol. The fourth-order valence-electron chi connectivity index (χ4n) is 3.87. The number of likely N-dealkylation sites (N-methyl/N-ethyl adjacent to an activating group) is 1. The molecule has 3 N–H and O–H groups in total. The van der Waals surface area contributed by atoms with Gasteiger partial charge in [-0.1, -0.05) is 6.08 Å². The molecule has 230 valence electrons. The maximum Gasteiger partial charge on any atom is 0.407 e. The van der Waals surface area contributed by atoms with Gasteiger partial charge >= 0.3 is 6.09 Å². The number of H-pyrrole nitrogens is 1. The van der Waals surface area contributed by atoms with E-state index in [1.54, 1.807) is 20.2 Å². The largest absolute Gasteiger partial charge is 0.453 e. The molecule has 0 aliphatic heterocycles. The Bertz CT molecular complexity index is 1770. The average Bonchev–Trinajstić information content (AvgIpc) is 3.41. The number of hydrogen-bond acceptors (Lipinski definition) is 9. The molecule has 0 radical (unpaired) electrons. The summed E-state index contributed by atoms with van der Waals surface area (Å²) in [6.45, 7) is -0.0855. The second-order valence-electron chi connectivity index (χ2n) is 9.48. The first-order valence-corrected chi connectivity index (χ1v) is 13.1. The number of aromatic nitrogens is 5. The minimum absolute atomic E-state index is 0.0702. The summed E-state index contributed by atoms with van der Waals surface area (Å²) in [6.07, 6.45) is 5.10. The minimum Gasteiger partial charge on any atom is -0.453 e. The highest BCUT2D eigenvalue weighted by atomic mass is 19.1. The standard InChI is InChI=1S/C28H28F2N8O6/c1-37(2)22(39)9-5-4-7-18(34-28(42)43-3)25(40)33-19-8-6-12-38(27(19)41)14-21-35-23-24(36-21)31-15-32-26(23)44-20-11-10-16(29)13-17(20)30/h5-6,8-13,15,18H,4,7,14H2,1-3H3,(H,33,40)(H,34,42)(H,31,32,35,36). The summed E-state index contributed by atoms with van der Waals surface area (Å²) in [5, 5.41) is 4.95. The van der Waals surface area contributed by atoms with Gasteiger partial charge in [0.25, 0.3) is 11.4 Å². The number of rotatable bonds is 11. The van der Waals surface area contributed by atoms with Crippen LogP contribution in [0.1, 0.15) is 18.7 Å². The number of carbonyl (C=O) groups excluding carboxylic acids is 3. The number of pyridine rings is 1. The van der Waals surface area contributed by atoms with E-state index in [9.17, 15) is 28.0 Å². The van der Waals surface area contributed by atoms with Gasteiger partial charge in [0.2, 0.25) is 11.8 Å². The first-order valence-electron chi connectivity index (χ1n) is 13.1. The number of methoxy groups -OCH3 is 1. The number of allylic oxidation sites excluding steroid dienone is 1. The van der Waals surface area contributed by atoms with Gasteiger partial charge in [-0.3, -0.25) is 14.4 Å². The van der Waals surface area contributed by atoms with Crippen molar-refractivity contribution in [3.05, 3.63) is 82.8 Å². The lowest BCUT2D eigenvalue weighted by Crippen LogP contribution is -2.44. The summed E-state index contributed by atoms with van der Waals surface area (Å²) >= 11 is 0. The van der Waals surface area contributed by atoms with Crippen LogP contribution in [0, 0.1) is 11.6 Å². The lowest BCUT2D eigenvalue weighted by Gasteiger charge is -2.17.